The zero-order chi connectivity index (χ0) is 30.3. The van der Waals surface area contributed by atoms with Crippen LogP contribution in [0.1, 0.15) is 64.0 Å². The van der Waals surface area contributed by atoms with Crippen molar-refractivity contribution in [3.63, 3.8) is 0 Å². The zero-order valence-corrected chi connectivity index (χ0v) is 24.9. The van der Waals surface area contributed by atoms with E-state index < -0.39 is 41.3 Å². The van der Waals surface area contributed by atoms with E-state index in [-0.39, 0.29) is 31.0 Å². The van der Waals surface area contributed by atoms with Gasteiger partial charge in [-0.05, 0) is 50.3 Å². The standard InChI is InChI=1S/C32H44N2O8/c1-21(16-25(35)19-34-12-14-41-15-13-34)31(39)33-28(29(37)23-8-10-26(40-3)11-9-23)27(36)18-24(17-22-6-4-5-7-22)30(38)32(2)20-42-32/h6,8-11,21,24,28-29,37H,4-5,7,12-20H2,1-3H3,(H,33,39)/t21-,24-,28-,29-,32-/m0/s1. The first-order valence-corrected chi connectivity index (χ1v) is 14.9. The first-order valence-electron chi connectivity index (χ1n) is 14.9. The van der Waals surface area contributed by atoms with Gasteiger partial charge in [0.05, 0.1) is 33.5 Å². The average molecular weight is 585 g/mol. The lowest BCUT2D eigenvalue weighted by Crippen LogP contribution is -2.48. The molecule has 5 atom stereocenters. The Morgan fingerprint density at radius 2 is 1.81 bits per heavy atom. The molecule has 0 bridgehead atoms. The third kappa shape index (κ3) is 8.56. The van der Waals surface area contributed by atoms with Gasteiger partial charge >= 0.3 is 0 Å². The number of epoxide rings is 1. The summed E-state index contributed by atoms with van der Waals surface area (Å²) in [7, 11) is 1.53. The molecule has 2 heterocycles. The highest BCUT2D eigenvalue weighted by Crippen LogP contribution is 2.36. The number of aliphatic hydroxyl groups excluding tert-OH is 1. The Hall–Kier alpha value is -2.92. The Morgan fingerprint density at radius 3 is 2.40 bits per heavy atom. The molecule has 10 heteroatoms. The number of rotatable bonds is 16. The number of allylic oxidation sites excluding steroid dienone is 2. The molecule has 42 heavy (non-hydrogen) atoms. The van der Waals surface area contributed by atoms with E-state index in [1.807, 2.05) is 4.90 Å². The van der Waals surface area contributed by atoms with Gasteiger partial charge in [0, 0.05) is 37.8 Å². The maximum atomic E-state index is 13.9. The highest BCUT2D eigenvalue weighted by atomic mass is 16.6. The Kier molecular flexibility index (Phi) is 11.1. The first kappa shape index (κ1) is 32.0. The third-order valence-corrected chi connectivity index (χ3v) is 8.46. The minimum atomic E-state index is -1.36. The molecule has 4 rings (SSSR count). The van der Waals surface area contributed by atoms with Crippen molar-refractivity contribution in [3.05, 3.63) is 41.5 Å². The number of Topliss-reactive ketones (excluding diaryl/α,β-unsaturated/α-hetero) is 3. The summed E-state index contributed by atoms with van der Waals surface area (Å²) >= 11 is 0. The first-order chi connectivity index (χ1) is 20.1. The van der Waals surface area contributed by atoms with Crippen LogP contribution in [0.3, 0.4) is 0 Å². The van der Waals surface area contributed by atoms with Gasteiger partial charge < -0.3 is 24.6 Å². The normalized spacial score (nSPS) is 23.3. The monoisotopic (exact) mass is 584 g/mol. The molecular formula is C32H44N2O8. The summed E-state index contributed by atoms with van der Waals surface area (Å²) in [5.41, 5.74) is 0.672. The van der Waals surface area contributed by atoms with Crippen molar-refractivity contribution >= 4 is 23.3 Å². The average Bonchev–Trinajstić information content (AvgIpc) is 3.53. The number of morpholine rings is 1. The summed E-state index contributed by atoms with van der Waals surface area (Å²) in [4.78, 5) is 55.3. The van der Waals surface area contributed by atoms with E-state index >= 15 is 0 Å². The summed E-state index contributed by atoms with van der Waals surface area (Å²) in [5.74, 6) is -1.91. The van der Waals surface area contributed by atoms with E-state index in [1.54, 1.807) is 38.1 Å². The number of hydrogen-bond acceptors (Lipinski definition) is 9. The van der Waals surface area contributed by atoms with Gasteiger partial charge in [0.15, 0.2) is 11.6 Å². The van der Waals surface area contributed by atoms with Crippen molar-refractivity contribution in [3.8, 4) is 5.75 Å². The molecule has 2 saturated heterocycles. The SMILES string of the molecule is COc1ccc([C@H](O)[C@@H](NC(=O)[C@@H](C)CC(=O)CN2CCOCC2)C(=O)C[C@H](CC2=CCCC2)C(=O)[C@]2(C)CO2)cc1. The maximum absolute atomic E-state index is 13.9. The van der Waals surface area contributed by atoms with Crippen LogP contribution in [-0.4, -0.2) is 91.5 Å². The second-order valence-corrected chi connectivity index (χ2v) is 11.9. The molecule has 0 saturated carbocycles. The molecule has 2 fully saturated rings. The minimum absolute atomic E-state index is 0.00763. The number of nitrogens with zero attached hydrogens (tertiary/aromatic N) is 1. The number of carbonyl (C=O) groups excluding carboxylic acids is 4. The fourth-order valence-corrected chi connectivity index (χ4v) is 5.68. The third-order valence-electron chi connectivity index (χ3n) is 8.46. The molecule has 0 radical (unpaired) electrons. The van der Waals surface area contributed by atoms with E-state index in [4.69, 9.17) is 14.2 Å². The van der Waals surface area contributed by atoms with Crippen molar-refractivity contribution in [1.82, 2.24) is 10.2 Å². The lowest BCUT2D eigenvalue weighted by atomic mass is 9.82. The molecule has 0 unspecified atom stereocenters. The van der Waals surface area contributed by atoms with E-state index in [1.165, 1.54) is 7.11 Å². The van der Waals surface area contributed by atoms with Crippen molar-refractivity contribution in [2.24, 2.45) is 11.8 Å². The largest absolute Gasteiger partial charge is 0.497 e. The van der Waals surface area contributed by atoms with E-state index in [2.05, 4.69) is 11.4 Å². The van der Waals surface area contributed by atoms with Gasteiger partial charge in [-0.15, -0.1) is 0 Å². The molecule has 2 N–H and O–H groups in total. The molecule has 1 amide bonds. The van der Waals surface area contributed by atoms with Crippen LogP contribution in [0.4, 0.5) is 0 Å². The Labute approximate surface area is 247 Å². The Balaban J connectivity index is 1.48. The number of benzene rings is 1. The zero-order valence-electron chi connectivity index (χ0n) is 24.9. The molecular weight excluding hydrogens is 540 g/mol. The van der Waals surface area contributed by atoms with Gasteiger partial charge in [0.1, 0.15) is 29.3 Å². The Morgan fingerprint density at radius 1 is 1.12 bits per heavy atom. The van der Waals surface area contributed by atoms with Crippen LogP contribution in [0.2, 0.25) is 0 Å². The molecule has 0 aromatic heterocycles. The van der Waals surface area contributed by atoms with E-state index in [0.717, 1.165) is 24.8 Å². The summed E-state index contributed by atoms with van der Waals surface area (Å²) in [5, 5.41) is 14.1. The van der Waals surface area contributed by atoms with Gasteiger partial charge in [0.2, 0.25) is 5.91 Å². The predicted molar refractivity (Wildman–Crippen MR) is 155 cm³/mol. The topological polar surface area (TPSA) is 135 Å². The van der Waals surface area contributed by atoms with Crippen LogP contribution in [0.5, 0.6) is 5.75 Å². The fourth-order valence-electron chi connectivity index (χ4n) is 5.68. The van der Waals surface area contributed by atoms with Gasteiger partial charge in [-0.2, -0.15) is 0 Å². The molecule has 1 aromatic rings. The molecule has 2 aliphatic heterocycles. The van der Waals surface area contributed by atoms with Crippen LogP contribution < -0.4 is 10.1 Å². The van der Waals surface area contributed by atoms with Gasteiger partial charge in [-0.3, -0.25) is 24.1 Å². The van der Waals surface area contributed by atoms with Crippen LogP contribution in [0.15, 0.2) is 35.9 Å². The quantitative estimate of drug-likeness (QED) is 0.222. The summed E-state index contributed by atoms with van der Waals surface area (Å²) in [6.07, 6.45) is 3.95. The van der Waals surface area contributed by atoms with Crippen LogP contribution in [0, 0.1) is 11.8 Å². The fraction of sp³-hybridized carbons (Fsp3) is 0.625. The van der Waals surface area contributed by atoms with Crippen molar-refractivity contribution in [2.75, 3.05) is 46.6 Å². The number of ether oxygens (including phenoxy) is 3. The predicted octanol–water partition coefficient (Wildman–Crippen LogP) is 2.57. The second-order valence-electron chi connectivity index (χ2n) is 11.9. The number of methoxy groups -OCH3 is 1. The van der Waals surface area contributed by atoms with Crippen molar-refractivity contribution in [2.45, 2.75) is 70.1 Å². The summed E-state index contributed by atoms with van der Waals surface area (Å²) in [6.45, 7) is 6.40. The van der Waals surface area contributed by atoms with E-state index in [9.17, 15) is 24.3 Å². The highest BCUT2D eigenvalue weighted by molar-refractivity contribution is 5.97. The van der Waals surface area contributed by atoms with E-state index in [0.29, 0.717) is 50.6 Å². The highest BCUT2D eigenvalue weighted by Gasteiger charge is 2.50. The lowest BCUT2D eigenvalue weighted by Gasteiger charge is -2.28. The number of hydrogen-bond donors (Lipinski definition) is 2. The number of nitrogens with one attached hydrogen (secondary N) is 1. The minimum Gasteiger partial charge on any atom is -0.497 e. The van der Waals surface area contributed by atoms with Crippen molar-refractivity contribution in [1.29, 1.82) is 0 Å². The lowest BCUT2D eigenvalue weighted by molar-refractivity contribution is -0.136. The molecule has 1 aromatic carbocycles. The summed E-state index contributed by atoms with van der Waals surface area (Å²) in [6, 6.07) is 5.30. The maximum Gasteiger partial charge on any atom is 0.223 e. The molecule has 1 aliphatic carbocycles. The smallest absolute Gasteiger partial charge is 0.223 e. The number of carbonyl (C=O) groups is 4. The molecule has 0 spiro atoms. The Bertz CT molecular complexity index is 1150. The second kappa shape index (κ2) is 14.5. The van der Waals surface area contributed by atoms with Crippen LogP contribution in [0.25, 0.3) is 0 Å². The number of ketones is 3. The van der Waals surface area contributed by atoms with Crippen LogP contribution >= 0.6 is 0 Å². The van der Waals surface area contributed by atoms with Crippen molar-refractivity contribution < 1.29 is 38.5 Å². The number of aliphatic hydroxyl groups is 1. The molecule has 10 nitrogen and oxygen atoms in total. The van der Waals surface area contributed by atoms with Gasteiger partial charge in [-0.1, -0.05) is 30.7 Å². The molecule has 230 valence electrons. The molecule has 3 aliphatic rings. The van der Waals surface area contributed by atoms with Gasteiger partial charge in [-0.25, -0.2) is 0 Å². The summed E-state index contributed by atoms with van der Waals surface area (Å²) < 4.78 is 16.0. The van der Waals surface area contributed by atoms with Gasteiger partial charge in [0.25, 0.3) is 0 Å². The number of amides is 1. The van der Waals surface area contributed by atoms with Crippen LogP contribution in [-0.2, 0) is 28.7 Å².